The lowest BCUT2D eigenvalue weighted by atomic mass is 10.0. The number of anilines is 2. The van der Waals surface area contributed by atoms with Gasteiger partial charge in [0.15, 0.2) is 0 Å². The van der Waals surface area contributed by atoms with Gasteiger partial charge in [-0.2, -0.15) is 0 Å². The highest BCUT2D eigenvalue weighted by molar-refractivity contribution is 5.47. The predicted molar refractivity (Wildman–Crippen MR) is 106 cm³/mol. The molecule has 2 unspecified atom stereocenters. The Morgan fingerprint density at radius 2 is 1.54 bits per heavy atom. The Hall–Kier alpha value is -2.08. The Bertz CT molecular complexity index is 629. The van der Waals surface area contributed by atoms with E-state index in [1.165, 1.54) is 11.1 Å². The number of aliphatic hydroxyl groups excluding tert-OH is 2. The third-order valence-electron chi connectivity index (χ3n) is 4.43. The van der Waals surface area contributed by atoms with Gasteiger partial charge in [0, 0.05) is 17.3 Å². The van der Waals surface area contributed by atoms with E-state index in [1.807, 2.05) is 31.2 Å². The normalized spacial score (nSPS) is 13.2. The van der Waals surface area contributed by atoms with Crippen LogP contribution >= 0.6 is 0 Å². The molecule has 0 saturated heterocycles. The third kappa shape index (κ3) is 6.67. The van der Waals surface area contributed by atoms with Crippen molar-refractivity contribution in [3.8, 4) is 0 Å². The first kappa shape index (κ1) is 20.2. The van der Waals surface area contributed by atoms with Gasteiger partial charge in [0.2, 0.25) is 0 Å². The fourth-order valence-electron chi connectivity index (χ4n) is 2.50. The number of aliphatic hydroxyl groups is 2. The molecule has 0 heterocycles. The molecule has 26 heavy (non-hydrogen) atoms. The summed E-state index contributed by atoms with van der Waals surface area (Å²) in [5, 5.41) is 25.0. The van der Waals surface area contributed by atoms with E-state index in [9.17, 15) is 5.11 Å². The van der Waals surface area contributed by atoms with Crippen LogP contribution in [0.3, 0.4) is 0 Å². The zero-order valence-electron chi connectivity index (χ0n) is 15.6. The average molecular weight is 358 g/mol. The summed E-state index contributed by atoms with van der Waals surface area (Å²) in [5.74, 6) is 0.218. The Morgan fingerprint density at radius 1 is 0.962 bits per heavy atom. The van der Waals surface area contributed by atoms with Gasteiger partial charge >= 0.3 is 0 Å². The molecule has 5 nitrogen and oxygen atoms in total. The van der Waals surface area contributed by atoms with E-state index < -0.39 is 6.23 Å². The molecule has 4 N–H and O–H groups in total. The molecule has 2 aromatic carbocycles. The van der Waals surface area contributed by atoms with E-state index in [0.717, 1.165) is 24.2 Å². The van der Waals surface area contributed by atoms with Crippen molar-refractivity contribution in [1.29, 1.82) is 0 Å². The number of hydrogen-bond acceptors (Lipinski definition) is 5. The van der Waals surface area contributed by atoms with Crippen molar-refractivity contribution in [2.24, 2.45) is 5.92 Å². The van der Waals surface area contributed by atoms with Gasteiger partial charge < -0.3 is 25.6 Å². The lowest BCUT2D eigenvalue weighted by molar-refractivity contribution is 0.105. The van der Waals surface area contributed by atoms with E-state index in [2.05, 4.69) is 41.8 Å². The smallest absolute Gasteiger partial charge is 0.127 e. The van der Waals surface area contributed by atoms with Crippen LogP contribution in [0.4, 0.5) is 11.4 Å². The molecule has 0 aliphatic heterocycles. The van der Waals surface area contributed by atoms with Crippen LogP contribution in [-0.2, 0) is 11.2 Å². The highest BCUT2D eigenvalue weighted by Crippen LogP contribution is 2.18. The maximum absolute atomic E-state index is 10.1. The summed E-state index contributed by atoms with van der Waals surface area (Å²) >= 11 is 0. The first-order chi connectivity index (χ1) is 12.6. The van der Waals surface area contributed by atoms with Gasteiger partial charge in [-0.3, -0.25) is 0 Å². The Kier molecular flexibility index (Phi) is 8.41. The fraction of sp³-hybridized carbons (Fsp3) is 0.429. The van der Waals surface area contributed by atoms with Crippen molar-refractivity contribution in [3.05, 3.63) is 59.7 Å². The van der Waals surface area contributed by atoms with Gasteiger partial charge in [0.1, 0.15) is 13.0 Å². The largest absolute Gasteiger partial charge is 0.394 e. The summed E-state index contributed by atoms with van der Waals surface area (Å²) in [4.78, 5) is 0. The van der Waals surface area contributed by atoms with Gasteiger partial charge in [-0.25, -0.2) is 0 Å². The van der Waals surface area contributed by atoms with E-state index in [-0.39, 0.29) is 12.5 Å². The molecule has 0 bridgehead atoms. The number of benzene rings is 2. The van der Waals surface area contributed by atoms with E-state index in [4.69, 9.17) is 9.84 Å². The maximum Gasteiger partial charge on any atom is 0.127 e. The zero-order chi connectivity index (χ0) is 18.8. The maximum atomic E-state index is 10.1. The molecule has 0 aromatic heterocycles. The lowest BCUT2D eigenvalue weighted by Gasteiger charge is -2.19. The van der Waals surface area contributed by atoms with E-state index in [1.54, 1.807) is 0 Å². The van der Waals surface area contributed by atoms with E-state index >= 15 is 0 Å². The zero-order valence-corrected chi connectivity index (χ0v) is 15.6. The molecule has 0 aliphatic rings. The number of rotatable bonds is 11. The summed E-state index contributed by atoms with van der Waals surface area (Å²) in [7, 11) is 0. The first-order valence-corrected chi connectivity index (χ1v) is 9.17. The molecule has 2 aromatic rings. The molecule has 0 amide bonds. The summed E-state index contributed by atoms with van der Waals surface area (Å²) in [6.07, 6.45) is 1.27. The lowest BCUT2D eigenvalue weighted by Crippen LogP contribution is -2.26. The molecule has 5 heteroatoms. The first-order valence-electron chi connectivity index (χ1n) is 9.17. The standard InChI is InChI=1S/C21H30N2O3/c1-3-16(2)21(25)23-20-10-6-18(7-11-20)14-17-4-8-19(9-5-17)22-15-26-13-12-24/h4-11,16,21-25H,3,12-15H2,1-2H3. The van der Waals surface area contributed by atoms with Crippen molar-refractivity contribution < 1.29 is 14.9 Å². The van der Waals surface area contributed by atoms with Crippen molar-refractivity contribution in [2.45, 2.75) is 32.9 Å². The van der Waals surface area contributed by atoms with Crippen LogP contribution in [0.25, 0.3) is 0 Å². The van der Waals surface area contributed by atoms with Gasteiger partial charge in [0.25, 0.3) is 0 Å². The minimum Gasteiger partial charge on any atom is -0.394 e. The molecule has 0 fully saturated rings. The number of nitrogens with one attached hydrogen (secondary N) is 2. The van der Waals surface area contributed by atoms with Gasteiger partial charge in [-0.05, 0) is 48.2 Å². The van der Waals surface area contributed by atoms with Gasteiger partial charge in [-0.15, -0.1) is 0 Å². The molecule has 0 aliphatic carbocycles. The minimum absolute atomic E-state index is 0.0333. The fourth-order valence-corrected chi connectivity index (χ4v) is 2.50. The predicted octanol–water partition coefficient (Wildman–Crippen LogP) is 3.43. The van der Waals surface area contributed by atoms with Crippen LogP contribution in [0.1, 0.15) is 31.4 Å². The van der Waals surface area contributed by atoms with Crippen LogP contribution in [0.5, 0.6) is 0 Å². The quantitative estimate of drug-likeness (QED) is 0.366. The van der Waals surface area contributed by atoms with Crippen molar-refractivity contribution in [3.63, 3.8) is 0 Å². The summed E-state index contributed by atoms with van der Waals surface area (Å²) in [6.45, 7) is 4.86. The molecule has 2 rings (SSSR count). The highest BCUT2D eigenvalue weighted by atomic mass is 16.5. The van der Waals surface area contributed by atoms with E-state index in [0.29, 0.717) is 13.3 Å². The molecular formula is C21H30N2O3. The third-order valence-corrected chi connectivity index (χ3v) is 4.43. The molecule has 142 valence electrons. The second kappa shape index (κ2) is 10.8. The van der Waals surface area contributed by atoms with Gasteiger partial charge in [-0.1, -0.05) is 38.1 Å². The van der Waals surface area contributed by atoms with Crippen molar-refractivity contribution in [2.75, 3.05) is 30.6 Å². The monoisotopic (exact) mass is 358 g/mol. The number of ether oxygens (including phenoxy) is 1. The minimum atomic E-state index is -0.521. The second-order valence-corrected chi connectivity index (χ2v) is 6.50. The molecule has 0 spiro atoms. The summed E-state index contributed by atoms with van der Waals surface area (Å²) in [5.41, 5.74) is 4.38. The number of hydrogen-bond donors (Lipinski definition) is 4. The molecule has 2 atom stereocenters. The Morgan fingerprint density at radius 3 is 2.08 bits per heavy atom. The summed E-state index contributed by atoms with van der Waals surface area (Å²) in [6, 6.07) is 16.4. The highest BCUT2D eigenvalue weighted by Gasteiger charge is 2.11. The average Bonchev–Trinajstić information content (AvgIpc) is 2.67. The van der Waals surface area contributed by atoms with Crippen LogP contribution in [0.15, 0.2) is 48.5 Å². The van der Waals surface area contributed by atoms with Gasteiger partial charge in [0.05, 0.1) is 13.2 Å². The van der Waals surface area contributed by atoms with Crippen LogP contribution in [-0.4, -0.2) is 36.4 Å². The van der Waals surface area contributed by atoms with Crippen LogP contribution in [0, 0.1) is 5.92 Å². The molecular weight excluding hydrogens is 328 g/mol. The molecule has 0 saturated carbocycles. The van der Waals surface area contributed by atoms with Crippen molar-refractivity contribution >= 4 is 11.4 Å². The topological polar surface area (TPSA) is 73.8 Å². The van der Waals surface area contributed by atoms with Crippen molar-refractivity contribution in [1.82, 2.24) is 0 Å². The summed E-state index contributed by atoms with van der Waals surface area (Å²) < 4.78 is 5.19. The Balaban J connectivity index is 1.84. The van der Waals surface area contributed by atoms with Crippen LogP contribution < -0.4 is 10.6 Å². The SMILES string of the molecule is CCC(C)C(O)Nc1ccc(Cc2ccc(NCOCCO)cc2)cc1. The van der Waals surface area contributed by atoms with Crippen LogP contribution in [0.2, 0.25) is 0 Å². The molecule has 0 radical (unpaired) electrons. The Labute approximate surface area is 156 Å². The second-order valence-electron chi connectivity index (χ2n) is 6.50.